The summed E-state index contributed by atoms with van der Waals surface area (Å²) in [6.45, 7) is 1.93. The van der Waals surface area contributed by atoms with Crippen LogP contribution in [0.15, 0.2) is 54.6 Å². The van der Waals surface area contributed by atoms with Gasteiger partial charge in [0.25, 0.3) is 0 Å². The molecule has 28 heavy (non-hydrogen) atoms. The quantitative estimate of drug-likeness (QED) is 0.436. The summed E-state index contributed by atoms with van der Waals surface area (Å²) >= 11 is 0. The SMILES string of the molecule is COCCOCc1nc2c(OCc3ccccc3)nc3ccccc3c2n1C. The highest BCUT2D eigenvalue weighted by molar-refractivity contribution is 6.04. The van der Waals surface area contributed by atoms with E-state index in [1.807, 2.05) is 55.6 Å². The van der Waals surface area contributed by atoms with Crippen molar-refractivity contribution in [2.45, 2.75) is 13.2 Å². The fraction of sp³-hybridized carbons (Fsp3) is 0.273. The number of nitrogens with zero attached hydrogens (tertiary/aromatic N) is 3. The molecule has 6 nitrogen and oxygen atoms in total. The molecule has 2 aromatic carbocycles. The summed E-state index contributed by atoms with van der Waals surface area (Å²) in [5.41, 5.74) is 3.72. The number of fused-ring (bicyclic) bond motifs is 3. The molecular weight excluding hydrogens is 354 g/mol. The highest BCUT2D eigenvalue weighted by atomic mass is 16.5. The van der Waals surface area contributed by atoms with Crippen LogP contribution in [0, 0.1) is 0 Å². The van der Waals surface area contributed by atoms with Crippen molar-refractivity contribution in [2.24, 2.45) is 7.05 Å². The van der Waals surface area contributed by atoms with E-state index >= 15 is 0 Å². The van der Waals surface area contributed by atoms with Gasteiger partial charge in [-0.25, -0.2) is 9.97 Å². The standard InChI is InChI=1S/C22H23N3O3/c1-25-19(15-27-13-12-26-2)24-20-21(25)17-10-6-7-11-18(17)23-22(20)28-14-16-8-4-3-5-9-16/h3-11H,12-15H2,1-2H3. The third kappa shape index (κ3) is 3.69. The maximum atomic E-state index is 6.08. The maximum Gasteiger partial charge on any atom is 0.243 e. The zero-order chi connectivity index (χ0) is 19.3. The molecule has 144 valence electrons. The van der Waals surface area contributed by atoms with E-state index in [1.165, 1.54) is 0 Å². The molecule has 6 heteroatoms. The van der Waals surface area contributed by atoms with E-state index in [0.29, 0.717) is 32.3 Å². The molecule has 0 radical (unpaired) electrons. The van der Waals surface area contributed by atoms with Crippen LogP contribution in [0.4, 0.5) is 0 Å². The van der Waals surface area contributed by atoms with Gasteiger partial charge in [0.15, 0.2) is 5.52 Å². The smallest absolute Gasteiger partial charge is 0.243 e. The Morgan fingerprint density at radius 2 is 1.68 bits per heavy atom. The Morgan fingerprint density at radius 1 is 0.893 bits per heavy atom. The van der Waals surface area contributed by atoms with Crippen molar-refractivity contribution < 1.29 is 14.2 Å². The summed E-state index contributed by atoms with van der Waals surface area (Å²) < 4.78 is 18.9. The van der Waals surface area contributed by atoms with Crippen LogP contribution in [0.1, 0.15) is 11.4 Å². The number of pyridine rings is 1. The fourth-order valence-electron chi connectivity index (χ4n) is 3.20. The van der Waals surface area contributed by atoms with E-state index in [-0.39, 0.29) is 0 Å². The molecule has 0 saturated heterocycles. The lowest BCUT2D eigenvalue weighted by Crippen LogP contribution is -2.05. The maximum absolute atomic E-state index is 6.08. The zero-order valence-corrected chi connectivity index (χ0v) is 16.1. The van der Waals surface area contributed by atoms with Crippen LogP contribution in [-0.2, 0) is 29.7 Å². The first-order valence-electron chi connectivity index (χ1n) is 9.25. The molecule has 0 aliphatic heterocycles. The molecule has 2 heterocycles. The molecule has 0 amide bonds. The van der Waals surface area contributed by atoms with Gasteiger partial charge in [0.05, 0.1) is 24.2 Å². The molecule has 0 atom stereocenters. The molecule has 0 aliphatic rings. The van der Waals surface area contributed by atoms with Gasteiger partial charge in [-0.1, -0.05) is 48.5 Å². The fourth-order valence-corrected chi connectivity index (χ4v) is 3.20. The molecule has 4 rings (SSSR count). The zero-order valence-electron chi connectivity index (χ0n) is 16.1. The highest BCUT2D eigenvalue weighted by Crippen LogP contribution is 2.31. The summed E-state index contributed by atoms with van der Waals surface area (Å²) in [4.78, 5) is 9.51. The number of imidazole rings is 1. The molecule has 0 aliphatic carbocycles. The summed E-state index contributed by atoms with van der Waals surface area (Å²) in [6, 6.07) is 18.1. The Bertz CT molecular complexity index is 1080. The van der Waals surface area contributed by atoms with Crippen LogP contribution in [-0.4, -0.2) is 34.9 Å². The molecule has 2 aromatic heterocycles. The van der Waals surface area contributed by atoms with Gasteiger partial charge >= 0.3 is 0 Å². The average Bonchev–Trinajstić information content (AvgIpc) is 3.07. The lowest BCUT2D eigenvalue weighted by atomic mass is 10.2. The van der Waals surface area contributed by atoms with Gasteiger partial charge in [-0.05, 0) is 11.6 Å². The van der Waals surface area contributed by atoms with Crippen molar-refractivity contribution in [3.8, 4) is 5.88 Å². The molecule has 0 bridgehead atoms. The average molecular weight is 377 g/mol. The first-order chi connectivity index (χ1) is 13.8. The van der Waals surface area contributed by atoms with Crippen LogP contribution < -0.4 is 4.74 Å². The minimum absolute atomic E-state index is 0.404. The van der Waals surface area contributed by atoms with Gasteiger partial charge in [0.2, 0.25) is 5.88 Å². The molecular formula is C22H23N3O3. The van der Waals surface area contributed by atoms with E-state index in [4.69, 9.17) is 24.2 Å². The Hall–Kier alpha value is -2.96. The Kier molecular flexibility index (Phi) is 5.50. The number of hydrogen-bond acceptors (Lipinski definition) is 5. The number of ether oxygens (including phenoxy) is 3. The van der Waals surface area contributed by atoms with Gasteiger partial charge in [-0.3, -0.25) is 0 Å². The third-order valence-corrected chi connectivity index (χ3v) is 4.65. The van der Waals surface area contributed by atoms with Crippen molar-refractivity contribution in [3.63, 3.8) is 0 Å². The number of para-hydroxylation sites is 1. The molecule has 4 aromatic rings. The van der Waals surface area contributed by atoms with Gasteiger partial charge in [-0.15, -0.1) is 0 Å². The molecule has 0 unspecified atom stereocenters. The first kappa shape index (κ1) is 18.4. The van der Waals surface area contributed by atoms with Crippen LogP contribution in [0.5, 0.6) is 5.88 Å². The summed E-state index contributed by atoms with van der Waals surface area (Å²) in [5.74, 6) is 1.37. The lowest BCUT2D eigenvalue weighted by molar-refractivity contribution is 0.0578. The van der Waals surface area contributed by atoms with E-state index < -0.39 is 0 Å². The third-order valence-electron chi connectivity index (χ3n) is 4.65. The van der Waals surface area contributed by atoms with Crippen molar-refractivity contribution in [1.82, 2.24) is 14.5 Å². The van der Waals surface area contributed by atoms with Crippen molar-refractivity contribution >= 4 is 21.9 Å². The van der Waals surface area contributed by atoms with Gasteiger partial charge in [0, 0.05) is 19.5 Å². The van der Waals surface area contributed by atoms with E-state index in [2.05, 4.69) is 10.6 Å². The number of rotatable bonds is 8. The van der Waals surface area contributed by atoms with Crippen LogP contribution in [0.25, 0.3) is 21.9 Å². The van der Waals surface area contributed by atoms with Gasteiger partial charge in [0.1, 0.15) is 19.0 Å². The molecule has 0 fully saturated rings. The van der Waals surface area contributed by atoms with E-state index in [9.17, 15) is 0 Å². The minimum atomic E-state index is 0.404. The lowest BCUT2D eigenvalue weighted by Gasteiger charge is -2.09. The summed E-state index contributed by atoms with van der Waals surface area (Å²) in [6.07, 6.45) is 0. The van der Waals surface area contributed by atoms with Crippen LogP contribution in [0.2, 0.25) is 0 Å². The number of benzene rings is 2. The van der Waals surface area contributed by atoms with Crippen LogP contribution in [0.3, 0.4) is 0 Å². The van der Waals surface area contributed by atoms with Gasteiger partial charge in [-0.2, -0.15) is 0 Å². The predicted octanol–water partition coefficient (Wildman–Crippen LogP) is 3.86. The van der Waals surface area contributed by atoms with Crippen molar-refractivity contribution in [3.05, 3.63) is 66.0 Å². The molecule has 0 spiro atoms. The number of methoxy groups -OCH3 is 1. The normalized spacial score (nSPS) is 11.4. The first-order valence-corrected chi connectivity index (χ1v) is 9.25. The van der Waals surface area contributed by atoms with Crippen molar-refractivity contribution in [2.75, 3.05) is 20.3 Å². The Morgan fingerprint density at radius 3 is 2.50 bits per heavy atom. The Labute approximate surface area is 163 Å². The van der Waals surface area contributed by atoms with Crippen LogP contribution >= 0.6 is 0 Å². The number of hydrogen-bond donors (Lipinski definition) is 0. The van der Waals surface area contributed by atoms with Gasteiger partial charge < -0.3 is 18.8 Å². The van der Waals surface area contributed by atoms with E-state index in [0.717, 1.165) is 33.3 Å². The number of aromatic nitrogens is 3. The minimum Gasteiger partial charge on any atom is -0.471 e. The topological polar surface area (TPSA) is 58.4 Å². The van der Waals surface area contributed by atoms with E-state index in [1.54, 1.807) is 7.11 Å². The largest absolute Gasteiger partial charge is 0.471 e. The second kappa shape index (κ2) is 8.37. The number of aryl methyl sites for hydroxylation is 1. The molecule has 0 N–H and O–H groups in total. The second-order valence-electron chi connectivity index (χ2n) is 6.54. The second-order valence-corrected chi connectivity index (χ2v) is 6.54. The summed E-state index contributed by atoms with van der Waals surface area (Å²) in [5, 5.41) is 1.04. The Balaban J connectivity index is 1.72. The van der Waals surface area contributed by atoms with Crippen molar-refractivity contribution in [1.29, 1.82) is 0 Å². The highest BCUT2D eigenvalue weighted by Gasteiger charge is 2.17. The summed E-state index contributed by atoms with van der Waals surface area (Å²) in [7, 11) is 3.66. The monoisotopic (exact) mass is 377 g/mol. The molecule has 0 saturated carbocycles. The predicted molar refractivity (Wildman–Crippen MR) is 108 cm³/mol.